The number of carbonyl (C=O) groups excluding carboxylic acids is 1. The second kappa shape index (κ2) is 9.15. The van der Waals surface area contributed by atoms with Crippen molar-refractivity contribution >= 4 is 69.1 Å². The number of hydrogen-bond donors (Lipinski definition) is 2. The minimum atomic E-state index is -3.95. The van der Waals surface area contributed by atoms with E-state index in [2.05, 4.69) is 41.3 Å². The first kappa shape index (κ1) is 24.7. The van der Waals surface area contributed by atoms with Crippen molar-refractivity contribution in [3.8, 4) is 11.1 Å². The molecule has 0 fully saturated rings. The summed E-state index contributed by atoms with van der Waals surface area (Å²) in [4.78, 5) is 13.0. The minimum Gasteiger partial charge on any atom is -0.289 e. The van der Waals surface area contributed by atoms with E-state index in [0.717, 1.165) is 8.95 Å². The highest BCUT2D eigenvalue weighted by Crippen LogP contribution is 2.39. The zero-order valence-corrected chi connectivity index (χ0v) is 23.0. The third-order valence-corrected chi connectivity index (χ3v) is 9.39. The van der Waals surface area contributed by atoms with Gasteiger partial charge in [-0.25, -0.2) is 16.8 Å². The minimum absolute atomic E-state index is 0.0740. The highest BCUT2D eigenvalue weighted by Gasteiger charge is 2.30. The van der Waals surface area contributed by atoms with Gasteiger partial charge in [-0.2, -0.15) is 0 Å². The molecule has 0 saturated carbocycles. The molecule has 0 radical (unpaired) electrons. The van der Waals surface area contributed by atoms with Crippen LogP contribution < -0.4 is 9.44 Å². The van der Waals surface area contributed by atoms with E-state index in [1.165, 1.54) is 24.3 Å². The van der Waals surface area contributed by atoms with Crippen LogP contribution in [0.3, 0.4) is 0 Å². The standard InChI is InChI=1S/C25H16Br2N2O5S2/c26-15-1-5-17(6-2-15)28-35(31,32)19-9-11-21-22-12-10-20(14-24(22)25(30)23(21)13-19)36(33,34)29-18-7-3-16(27)4-8-18/h1-14,28-29H. The Bertz CT molecular complexity index is 1610. The summed E-state index contributed by atoms with van der Waals surface area (Å²) < 4.78 is 58.3. The van der Waals surface area contributed by atoms with E-state index in [0.29, 0.717) is 22.5 Å². The molecule has 0 aromatic heterocycles. The van der Waals surface area contributed by atoms with Gasteiger partial charge in [0.2, 0.25) is 0 Å². The van der Waals surface area contributed by atoms with Gasteiger partial charge in [0.05, 0.1) is 9.79 Å². The van der Waals surface area contributed by atoms with E-state index < -0.39 is 25.8 Å². The average molecular weight is 648 g/mol. The fraction of sp³-hybridized carbons (Fsp3) is 0. The van der Waals surface area contributed by atoms with Gasteiger partial charge in [-0.05, 0) is 83.9 Å². The first-order valence-electron chi connectivity index (χ1n) is 10.4. The summed E-state index contributed by atoms with van der Waals surface area (Å²) in [6.45, 7) is 0. The lowest BCUT2D eigenvalue weighted by Gasteiger charge is -2.10. The highest BCUT2D eigenvalue weighted by molar-refractivity contribution is 9.10. The summed E-state index contributed by atoms with van der Waals surface area (Å²) in [5, 5.41) is 0. The number of nitrogens with one attached hydrogen (secondary N) is 2. The quantitative estimate of drug-likeness (QED) is 0.234. The first-order chi connectivity index (χ1) is 17.0. The molecule has 11 heteroatoms. The van der Waals surface area contributed by atoms with Crippen LogP contribution in [0, 0.1) is 0 Å². The van der Waals surface area contributed by atoms with E-state index in [-0.39, 0.29) is 20.9 Å². The van der Waals surface area contributed by atoms with Crippen molar-refractivity contribution in [2.75, 3.05) is 9.44 Å². The summed E-state index contributed by atoms with van der Waals surface area (Å²) in [5.41, 5.74) is 2.23. The molecule has 0 unspecified atom stereocenters. The van der Waals surface area contributed by atoms with E-state index in [1.54, 1.807) is 60.7 Å². The predicted octanol–water partition coefficient (Wildman–Crippen LogP) is 6.02. The van der Waals surface area contributed by atoms with Gasteiger partial charge in [0, 0.05) is 31.4 Å². The second-order valence-electron chi connectivity index (χ2n) is 7.97. The van der Waals surface area contributed by atoms with Gasteiger partial charge in [-0.3, -0.25) is 14.2 Å². The van der Waals surface area contributed by atoms with Crippen molar-refractivity contribution in [2.24, 2.45) is 0 Å². The van der Waals surface area contributed by atoms with Gasteiger partial charge in [0.15, 0.2) is 5.78 Å². The first-order valence-corrected chi connectivity index (χ1v) is 15.0. The van der Waals surface area contributed by atoms with Crippen molar-refractivity contribution < 1.29 is 21.6 Å². The summed E-state index contributed by atoms with van der Waals surface area (Å²) in [6, 6.07) is 21.9. The Morgan fingerprint density at radius 1 is 0.500 bits per heavy atom. The normalized spacial score (nSPS) is 12.7. The van der Waals surface area contributed by atoms with Crippen LogP contribution in [0.25, 0.3) is 11.1 Å². The van der Waals surface area contributed by atoms with Crippen LogP contribution >= 0.6 is 31.9 Å². The SMILES string of the molecule is O=C1c2cc(S(=O)(=O)Nc3ccc(Br)cc3)ccc2-c2ccc(S(=O)(=O)Nc3ccc(Br)cc3)cc21. The van der Waals surface area contributed by atoms with Gasteiger partial charge in [-0.1, -0.05) is 44.0 Å². The number of halogens is 2. The van der Waals surface area contributed by atoms with Crippen molar-refractivity contribution in [1.82, 2.24) is 0 Å². The molecule has 0 atom stereocenters. The number of anilines is 2. The number of sulfonamides is 2. The molecule has 0 bridgehead atoms. The number of fused-ring (bicyclic) bond motifs is 3. The molecule has 0 amide bonds. The number of benzene rings is 4. The van der Waals surface area contributed by atoms with Crippen LogP contribution in [0.15, 0.2) is 104 Å². The molecule has 182 valence electrons. The molecule has 0 aliphatic heterocycles. The molecule has 1 aliphatic carbocycles. The summed E-state index contributed by atoms with van der Waals surface area (Å²) in [7, 11) is -7.91. The summed E-state index contributed by atoms with van der Waals surface area (Å²) >= 11 is 6.61. The molecule has 36 heavy (non-hydrogen) atoms. The fourth-order valence-electron chi connectivity index (χ4n) is 3.84. The number of carbonyl (C=O) groups is 1. The number of hydrogen-bond acceptors (Lipinski definition) is 5. The monoisotopic (exact) mass is 646 g/mol. The van der Waals surface area contributed by atoms with Crippen molar-refractivity contribution in [3.05, 3.63) is 105 Å². The zero-order chi connectivity index (χ0) is 25.7. The maximum absolute atomic E-state index is 13.2. The largest absolute Gasteiger partial charge is 0.289 e. The molecule has 1 aliphatic rings. The molecular weight excluding hydrogens is 632 g/mol. The Morgan fingerprint density at radius 3 is 1.22 bits per heavy atom. The molecular formula is C25H16Br2N2O5S2. The Labute approximate surface area is 224 Å². The molecule has 4 aromatic carbocycles. The molecule has 7 nitrogen and oxygen atoms in total. The van der Waals surface area contributed by atoms with Crippen LogP contribution in [0.4, 0.5) is 11.4 Å². The van der Waals surface area contributed by atoms with Crippen LogP contribution in [-0.4, -0.2) is 22.6 Å². The Hall–Kier alpha value is -2.99. The average Bonchev–Trinajstić information content (AvgIpc) is 3.13. The predicted molar refractivity (Wildman–Crippen MR) is 145 cm³/mol. The molecule has 0 saturated heterocycles. The second-order valence-corrected chi connectivity index (χ2v) is 13.2. The van der Waals surface area contributed by atoms with Crippen LogP contribution in [-0.2, 0) is 20.0 Å². The Morgan fingerprint density at radius 2 is 0.861 bits per heavy atom. The molecule has 5 rings (SSSR count). The Balaban J connectivity index is 1.45. The lowest BCUT2D eigenvalue weighted by molar-refractivity contribution is 0.104. The van der Waals surface area contributed by atoms with Crippen LogP contribution in [0.5, 0.6) is 0 Å². The highest BCUT2D eigenvalue weighted by atomic mass is 79.9. The fourth-order valence-corrected chi connectivity index (χ4v) is 6.53. The number of ketones is 1. The smallest absolute Gasteiger partial charge is 0.261 e. The van der Waals surface area contributed by atoms with Crippen molar-refractivity contribution in [1.29, 1.82) is 0 Å². The molecule has 0 spiro atoms. The van der Waals surface area contributed by atoms with Crippen molar-refractivity contribution in [2.45, 2.75) is 9.79 Å². The van der Waals surface area contributed by atoms with Gasteiger partial charge in [0.25, 0.3) is 20.0 Å². The summed E-state index contributed by atoms with van der Waals surface area (Å²) in [6.07, 6.45) is 0. The van der Waals surface area contributed by atoms with E-state index in [1.807, 2.05) is 0 Å². The van der Waals surface area contributed by atoms with Crippen LogP contribution in [0.1, 0.15) is 15.9 Å². The maximum Gasteiger partial charge on any atom is 0.261 e. The lowest BCUT2D eigenvalue weighted by atomic mass is 10.1. The zero-order valence-electron chi connectivity index (χ0n) is 18.2. The topological polar surface area (TPSA) is 109 Å². The van der Waals surface area contributed by atoms with Gasteiger partial charge < -0.3 is 0 Å². The third-order valence-electron chi connectivity index (χ3n) is 5.57. The number of rotatable bonds is 6. The third kappa shape index (κ3) is 4.71. The van der Waals surface area contributed by atoms with E-state index in [9.17, 15) is 21.6 Å². The molecule has 2 N–H and O–H groups in total. The Kier molecular flexibility index (Phi) is 6.27. The van der Waals surface area contributed by atoms with Crippen LogP contribution in [0.2, 0.25) is 0 Å². The van der Waals surface area contributed by atoms with E-state index >= 15 is 0 Å². The maximum atomic E-state index is 13.2. The summed E-state index contributed by atoms with van der Waals surface area (Å²) in [5.74, 6) is -0.443. The van der Waals surface area contributed by atoms with Gasteiger partial charge in [0.1, 0.15) is 0 Å². The lowest BCUT2D eigenvalue weighted by Crippen LogP contribution is -2.14. The van der Waals surface area contributed by atoms with Gasteiger partial charge in [-0.15, -0.1) is 0 Å². The molecule has 0 heterocycles. The van der Waals surface area contributed by atoms with Gasteiger partial charge >= 0.3 is 0 Å². The molecule has 4 aromatic rings. The van der Waals surface area contributed by atoms with Crippen molar-refractivity contribution in [3.63, 3.8) is 0 Å². The van der Waals surface area contributed by atoms with E-state index in [4.69, 9.17) is 0 Å².